The van der Waals surface area contributed by atoms with Crippen molar-refractivity contribution in [1.29, 1.82) is 0 Å². The second-order valence-corrected chi connectivity index (χ2v) is 4.09. The number of ether oxygens (including phenoxy) is 1. The van der Waals surface area contributed by atoms with Crippen LogP contribution in [0.2, 0.25) is 0 Å². The second kappa shape index (κ2) is 6.01. The van der Waals surface area contributed by atoms with Crippen molar-refractivity contribution in [2.45, 2.75) is 52.4 Å². The lowest BCUT2D eigenvalue weighted by atomic mass is 9.97. The first-order chi connectivity index (χ1) is 7.69. The number of rotatable bonds is 7. The van der Waals surface area contributed by atoms with Gasteiger partial charge in [-0.1, -0.05) is 13.8 Å². The van der Waals surface area contributed by atoms with E-state index in [1.165, 1.54) is 0 Å². The van der Waals surface area contributed by atoms with Crippen LogP contribution in [0.15, 0.2) is 12.4 Å². The van der Waals surface area contributed by atoms with Crippen molar-refractivity contribution in [3.05, 3.63) is 18.0 Å². The van der Waals surface area contributed by atoms with Gasteiger partial charge < -0.3 is 10.5 Å². The van der Waals surface area contributed by atoms with Crippen LogP contribution in [0.4, 0.5) is 0 Å². The molecule has 0 amide bonds. The molecule has 0 spiro atoms. The Morgan fingerprint density at radius 2 is 2.06 bits per heavy atom. The minimum atomic E-state index is -0.172. The van der Waals surface area contributed by atoms with E-state index in [0.29, 0.717) is 13.2 Å². The van der Waals surface area contributed by atoms with Gasteiger partial charge in [-0.05, 0) is 19.8 Å². The topological polar surface area (TPSA) is 53.1 Å². The molecule has 92 valence electrons. The van der Waals surface area contributed by atoms with Crippen molar-refractivity contribution in [2.75, 3.05) is 6.54 Å². The maximum absolute atomic E-state index is 5.94. The van der Waals surface area contributed by atoms with E-state index in [1.54, 1.807) is 0 Å². The minimum absolute atomic E-state index is 0.172. The highest BCUT2D eigenvalue weighted by atomic mass is 16.5. The van der Waals surface area contributed by atoms with Gasteiger partial charge in [0.25, 0.3) is 0 Å². The van der Waals surface area contributed by atoms with E-state index in [1.807, 2.05) is 17.1 Å². The van der Waals surface area contributed by atoms with Gasteiger partial charge in [0, 0.05) is 24.8 Å². The van der Waals surface area contributed by atoms with Gasteiger partial charge in [-0.15, -0.1) is 0 Å². The molecule has 4 heteroatoms. The summed E-state index contributed by atoms with van der Waals surface area (Å²) in [4.78, 5) is 0. The average Bonchev–Trinajstić information content (AvgIpc) is 2.80. The van der Waals surface area contributed by atoms with Crippen LogP contribution in [0.3, 0.4) is 0 Å². The number of nitrogens with zero attached hydrogens (tertiary/aromatic N) is 2. The molecule has 2 N–H and O–H groups in total. The Morgan fingerprint density at radius 1 is 1.38 bits per heavy atom. The first kappa shape index (κ1) is 13.2. The summed E-state index contributed by atoms with van der Waals surface area (Å²) in [5.41, 5.74) is 6.72. The highest BCUT2D eigenvalue weighted by molar-refractivity contribution is 5.02. The van der Waals surface area contributed by atoms with Crippen LogP contribution in [0, 0.1) is 0 Å². The fourth-order valence-corrected chi connectivity index (χ4v) is 1.69. The van der Waals surface area contributed by atoms with Crippen LogP contribution >= 0.6 is 0 Å². The number of aromatic nitrogens is 2. The van der Waals surface area contributed by atoms with Crippen molar-refractivity contribution in [3.63, 3.8) is 0 Å². The summed E-state index contributed by atoms with van der Waals surface area (Å²) >= 11 is 0. The zero-order chi connectivity index (χ0) is 12.0. The van der Waals surface area contributed by atoms with Gasteiger partial charge in [0.2, 0.25) is 0 Å². The van der Waals surface area contributed by atoms with Gasteiger partial charge >= 0.3 is 0 Å². The van der Waals surface area contributed by atoms with Gasteiger partial charge in [0.1, 0.15) is 0 Å². The van der Waals surface area contributed by atoms with E-state index in [4.69, 9.17) is 10.5 Å². The Balaban J connectivity index is 2.55. The van der Waals surface area contributed by atoms with Crippen LogP contribution < -0.4 is 5.73 Å². The maximum atomic E-state index is 5.94. The first-order valence-corrected chi connectivity index (χ1v) is 6.05. The molecule has 0 unspecified atom stereocenters. The molecular formula is C12H23N3O. The molecule has 4 nitrogen and oxygen atoms in total. The van der Waals surface area contributed by atoms with Crippen molar-refractivity contribution in [1.82, 2.24) is 9.78 Å². The highest BCUT2D eigenvalue weighted by Gasteiger charge is 2.25. The van der Waals surface area contributed by atoms with Crippen LogP contribution in [-0.2, 0) is 17.9 Å². The molecule has 1 aromatic heterocycles. The van der Waals surface area contributed by atoms with Gasteiger partial charge in [-0.3, -0.25) is 4.68 Å². The summed E-state index contributed by atoms with van der Waals surface area (Å²) in [5, 5.41) is 4.22. The van der Waals surface area contributed by atoms with Crippen LogP contribution in [0.1, 0.15) is 39.2 Å². The van der Waals surface area contributed by atoms with Gasteiger partial charge in [0.05, 0.1) is 18.4 Å². The summed E-state index contributed by atoms with van der Waals surface area (Å²) in [6.07, 6.45) is 5.77. The second-order valence-electron chi connectivity index (χ2n) is 4.09. The van der Waals surface area contributed by atoms with Crippen LogP contribution in [0.25, 0.3) is 0 Å². The lowest BCUT2D eigenvalue weighted by Crippen LogP contribution is -2.39. The molecule has 16 heavy (non-hydrogen) atoms. The molecule has 0 saturated heterocycles. The van der Waals surface area contributed by atoms with E-state index in [9.17, 15) is 0 Å². The fourth-order valence-electron chi connectivity index (χ4n) is 1.69. The lowest BCUT2D eigenvalue weighted by Gasteiger charge is -2.30. The zero-order valence-corrected chi connectivity index (χ0v) is 10.6. The number of hydrogen-bond acceptors (Lipinski definition) is 3. The Morgan fingerprint density at radius 3 is 2.50 bits per heavy atom. The van der Waals surface area contributed by atoms with E-state index in [-0.39, 0.29) is 5.60 Å². The third-order valence-corrected chi connectivity index (χ3v) is 3.22. The number of aryl methyl sites for hydroxylation is 1. The SMILES string of the molecule is CCn1cc(COC(CC)(CC)CN)cn1. The Labute approximate surface area is 97.8 Å². The van der Waals surface area contributed by atoms with Crippen molar-refractivity contribution >= 4 is 0 Å². The molecule has 1 aromatic rings. The van der Waals surface area contributed by atoms with E-state index >= 15 is 0 Å². The third kappa shape index (κ3) is 3.06. The molecule has 1 heterocycles. The van der Waals surface area contributed by atoms with Gasteiger partial charge in [0.15, 0.2) is 0 Å². The third-order valence-electron chi connectivity index (χ3n) is 3.22. The van der Waals surface area contributed by atoms with E-state index in [2.05, 4.69) is 25.9 Å². The molecule has 0 aromatic carbocycles. The first-order valence-electron chi connectivity index (χ1n) is 6.05. The molecule has 0 bridgehead atoms. The molecular weight excluding hydrogens is 202 g/mol. The number of nitrogens with two attached hydrogens (primary N) is 1. The van der Waals surface area contributed by atoms with Crippen LogP contribution in [-0.4, -0.2) is 21.9 Å². The van der Waals surface area contributed by atoms with E-state index in [0.717, 1.165) is 24.9 Å². The molecule has 0 aliphatic carbocycles. The molecule has 0 saturated carbocycles. The Kier molecular flexibility index (Phi) is 4.96. The molecule has 0 fully saturated rings. The van der Waals surface area contributed by atoms with Crippen LogP contribution in [0.5, 0.6) is 0 Å². The predicted molar refractivity (Wildman–Crippen MR) is 65.1 cm³/mol. The molecule has 0 aliphatic rings. The highest BCUT2D eigenvalue weighted by Crippen LogP contribution is 2.20. The predicted octanol–water partition coefficient (Wildman–Crippen LogP) is 1.94. The quantitative estimate of drug-likeness (QED) is 0.771. The lowest BCUT2D eigenvalue weighted by molar-refractivity contribution is -0.0553. The maximum Gasteiger partial charge on any atom is 0.0803 e. The van der Waals surface area contributed by atoms with Gasteiger partial charge in [-0.2, -0.15) is 5.10 Å². The molecule has 1 rings (SSSR count). The van der Waals surface area contributed by atoms with Crippen molar-refractivity contribution in [3.8, 4) is 0 Å². The van der Waals surface area contributed by atoms with Crippen molar-refractivity contribution in [2.24, 2.45) is 5.73 Å². The Bertz CT molecular complexity index is 297. The molecule has 0 atom stereocenters. The van der Waals surface area contributed by atoms with E-state index < -0.39 is 0 Å². The molecule has 0 aliphatic heterocycles. The minimum Gasteiger partial charge on any atom is -0.369 e. The molecule has 0 radical (unpaired) electrons. The van der Waals surface area contributed by atoms with Crippen molar-refractivity contribution < 1.29 is 4.74 Å². The normalized spacial score (nSPS) is 12.0. The number of hydrogen-bond donors (Lipinski definition) is 1. The zero-order valence-electron chi connectivity index (χ0n) is 10.6. The smallest absolute Gasteiger partial charge is 0.0803 e. The Hall–Kier alpha value is -0.870. The monoisotopic (exact) mass is 225 g/mol. The standard InChI is InChI=1S/C12H23N3O/c1-4-12(5-2,10-13)16-9-11-7-14-15(6-3)8-11/h7-8H,4-6,9-10,13H2,1-3H3. The summed E-state index contributed by atoms with van der Waals surface area (Å²) in [6, 6.07) is 0. The summed E-state index contributed by atoms with van der Waals surface area (Å²) < 4.78 is 7.85. The summed E-state index contributed by atoms with van der Waals surface area (Å²) in [5.74, 6) is 0. The fraction of sp³-hybridized carbons (Fsp3) is 0.750. The average molecular weight is 225 g/mol. The summed E-state index contributed by atoms with van der Waals surface area (Å²) in [7, 11) is 0. The largest absolute Gasteiger partial charge is 0.369 e. The van der Waals surface area contributed by atoms with Gasteiger partial charge in [-0.25, -0.2) is 0 Å². The summed E-state index contributed by atoms with van der Waals surface area (Å²) in [6.45, 7) is 8.36.